The van der Waals surface area contributed by atoms with Crippen molar-refractivity contribution in [2.24, 2.45) is 28.6 Å². The number of aliphatic hydroxyl groups excluding tert-OH is 1. The fraction of sp³-hybridized carbons (Fsp3) is 0.606. The van der Waals surface area contributed by atoms with Gasteiger partial charge in [-0.15, -0.1) is 0 Å². The molecule has 0 aliphatic heterocycles. The molecule has 3 saturated carbocycles. The van der Waals surface area contributed by atoms with Crippen LogP contribution in [0.15, 0.2) is 53.0 Å². The van der Waals surface area contributed by atoms with E-state index in [1.165, 1.54) is 42.5 Å². The number of aliphatic hydroxyl groups is 1. The first-order valence-corrected chi connectivity index (χ1v) is 17.2. The number of benzene rings is 1. The Morgan fingerprint density at radius 2 is 1.84 bits per heavy atom. The molecule has 0 heterocycles. The molecule has 8 atom stereocenters. The van der Waals surface area contributed by atoms with Crippen LogP contribution in [0.2, 0.25) is 5.02 Å². The van der Waals surface area contributed by atoms with Crippen LogP contribution in [0.1, 0.15) is 66.2 Å². The molecule has 0 saturated heterocycles. The molecule has 45 heavy (non-hydrogen) atoms. The fourth-order valence-electron chi connectivity index (χ4n) is 8.77. The van der Waals surface area contributed by atoms with E-state index < -0.39 is 74.6 Å². The minimum absolute atomic E-state index is 0.0485. The molecule has 0 unspecified atom stereocenters. The molecule has 0 radical (unpaired) electrons. The summed E-state index contributed by atoms with van der Waals surface area (Å²) in [6, 6.07) is 5.23. The Morgan fingerprint density at radius 3 is 2.51 bits per heavy atom. The van der Waals surface area contributed by atoms with E-state index in [1.807, 2.05) is 6.92 Å². The number of hydrogen-bond acceptors (Lipinski definition) is 9. The van der Waals surface area contributed by atoms with Crippen molar-refractivity contribution in [3.63, 3.8) is 0 Å². The molecule has 0 bridgehead atoms. The van der Waals surface area contributed by atoms with Gasteiger partial charge >= 0.3 is 6.16 Å². The van der Waals surface area contributed by atoms with Gasteiger partial charge in [0.05, 0.1) is 17.6 Å². The van der Waals surface area contributed by atoms with Gasteiger partial charge in [-0.1, -0.05) is 50.4 Å². The smallest absolute Gasteiger partial charge is 0.434 e. The van der Waals surface area contributed by atoms with Gasteiger partial charge in [0.1, 0.15) is 6.61 Å². The summed E-state index contributed by atoms with van der Waals surface area (Å²) in [5.41, 5.74) is -6.12. The maximum absolute atomic E-state index is 17.7. The quantitative estimate of drug-likeness (QED) is 0.194. The number of unbranched alkanes of at least 4 members (excludes halogenated alkanes) is 1. The predicted molar refractivity (Wildman–Crippen MR) is 163 cm³/mol. The second-order valence-corrected chi connectivity index (χ2v) is 15.3. The zero-order valence-corrected chi connectivity index (χ0v) is 27.5. The van der Waals surface area contributed by atoms with Crippen molar-refractivity contribution in [1.82, 2.24) is 0 Å². The molecule has 12 heteroatoms. The maximum Gasteiger partial charge on any atom is 0.509 e. The van der Waals surface area contributed by atoms with Crippen molar-refractivity contribution >= 4 is 39.4 Å². The van der Waals surface area contributed by atoms with Crippen LogP contribution in [0.25, 0.3) is 0 Å². The lowest BCUT2D eigenvalue weighted by atomic mass is 9.44. The molecule has 0 aromatic heterocycles. The molecule has 5 rings (SSSR count). The van der Waals surface area contributed by atoms with Gasteiger partial charge in [0.15, 0.2) is 17.1 Å². The zero-order valence-electron chi connectivity index (χ0n) is 25.9. The summed E-state index contributed by atoms with van der Waals surface area (Å²) in [5, 5.41) is 12.1. The van der Waals surface area contributed by atoms with Crippen molar-refractivity contribution in [3.05, 3.63) is 53.1 Å². The molecular formula is C33H40ClFO9S. The molecule has 1 aromatic rings. The van der Waals surface area contributed by atoms with Crippen LogP contribution in [-0.4, -0.2) is 61.8 Å². The average Bonchev–Trinajstić information content (AvgIpc) is 3.19. The van der Waals surface area contributed by atoms with Crippen molar-refractivity contribution in [1.29, 1.82) is 0 Å². The number of ketones is 2. The van der Waals surface area contributed by atoms with E-state index >= 15 is 4.39 Å². The second-order valence-electron chi connectivity index (χ2n) is 13.3. The fourth-order valence-corrected chi connectivity index (χ4v) is 9.76. The Hall–Kier alpha value is -2.60. The van der Waals surface area contributed by atoms with Crippen LogP contribution >= 0.6 is 11.6 Å². The zero-order chi connectivity index (χ0) is 33.0. The van der Waals surface area contributed by atoms with Crippen LogP contribution in [-0.2, 0) is 33.4 Å². The number of allylic oxidation sites excluding steroid dienone is 4. The lowest BCUT2D eigenvalue weighted by Crippen LogP contribution is -2.70. The molecule has 1 aromatic carbocycles. The average molecular weight is 667 g/mol. The molecule has 1 N–H and O–H groups in total. The third-order valence-electron chi connectivity index (χ3n) is 11.0. The molecule has 4 aliphatic rings. The minimum atomic E-state index is -4.41. The Morgan fingerprint density at radius 1 is 1.16 bits per heavy atom. The van der Waals surface area contributed by atoms with Crippen molar-refractivity contribution < 1.29 is 46.0 Å². The number of halogens is 2. The number of carbonyl (C=O) groups is 3. The third kappa shape index (κ3) is 5.18. The van der Waals surface area contributed by atoms with Crippen molar-refractivity contribution in [2.45, 2.75) is 88.5 Å². The highest BCUT2D eigenvalue weighted by atomic mass is 35.5. The second kappa shape index (κ2) is 11.9. The highest BCUT2D eigenvalue weighted by Gasteiger charge is 2.77. The van der Waals surface area contributed by atoms with Gasteiger partial charge in [0.25, 0.3) is 10.1 Å². The summed E-state index contributed by atoms with van der Waals surface area (Å²) in [5.74, 6) is -3.08. The molecule has 4 aliphatic carbocycles. The van der Waals surface area contributed by atoms with E-state index in [-0.39, 0.29) is 30.1 Å². The van der Waals surface area contributed by atoms with Crippen molar-refractivity contribution in [2.75, 3.05) is 13.2 Å². The summed E-state index contributed by atoms with van der Waals surface area (Å²) >= 11 is 5.89. The van der Waals surface area contributed by atoms with Gasteiger partial charge in [0.2, 0.25) is 5.78 Å². The Bertz CT molecular complexity index is 1540. The first kappa shape index (κ1) is 33.8. The van der Waals surface area contributed by atoms with Crippen LogP contribution in [0.5, 0.6) is 0 Å². The van der Waals surface area contributed by atoms with E-state index in [4.69, 9.17) is 25.3 Å². The number of carbonyl (C=O) groups excluding carboxylic acids is 3. The summed E-state index contributed by atoms with van der Waals surface area (Å²) in [6.07, 6.45) is 3.61. The number of Topliss-reactive ketones (excluding diaryl/α,β-unsaturated/α-hetero) is 1. The van der Waals surface area contributed by atoms with Gasteiger partial charge in [-0.2, -0.15) is 8.42 Å². The van der Waals surface area contributed by atoms with Gasteiger partial charge in [-0.3, -0.25) is 13.8 Å². The van der Waals surface area contributed by atoms with Gasteiger partial charge in [-0.05, 0) is 81.4 Å². The van der Waals surface area contributed by atoms with Crippen LogP contribution < -0.4 is 0 Å². The normalized spacial score (nSPS) is 37.2. The highest BCUT2D eigenvalue weighted by Crippen LogP contribution is 2.71. The highest BCUT2D eigenvalue weighted by molar-refractivity contribution is 7.86. The number of ether oxygens (including phenoxy) is 2. The minimum Gasteiger partial charge on any atom is -0.434 e. The Balaban J connectivity index is 1.53. The van der Waals surface area contributed by atoms with Crippen LogP contribution in [0.3, 0.4) is 0 Å². The molecule has 9 nitrogen and oxygen atoms in total. The van der Waals surface area contributed by atoms with E-state index in [0.29, 0.717) is 29.9 Å². The monoisotopic (exact) mass is 666 g/mol. The molecule has 3 fully saturated rings. The number of fused-ring (bicyclic) bond motifs is 5. The van der Waals surface area contributed by atoms with E-state index in [2.05, 4.69) is 0 Å². The summed E-state index contributed by atoms with van der Waals surface area (Å²) < 4.78 is 60.2. The molecule has 0 amide bonds. The maximum atomic E-state index is 17.7. The SMILES string of the molecule is CCCCOC(=O)O[C@]1(C(=O)COS(=O)(=O)c2ccc(Cl)cc2)[C@H](C)C[C@H]2[C@@H]3CCC4=CC(=O)C=C[C@]4(C)[C@@]3(F)[C@@H](O)C[C@@]21C. The topological polar surface area (TPSA) is 133 Å². The van der Waals surface area contributed by atoms with Gasteiger partial charge < -0.3 is 14.6 Å². The largest absolute Gasteiger partial charge is 0.509 e. The summed E-state index contributed by atoms with van der Waals surface area (Å²) in [6.45, 7) is 6.09. The van der Waals surface area contributed by atoms with Gasteiger partial charge in [-0.25, -0.2) is 9.18 Å². The van der Waals surface area contributed by atoms with Gasteiger partial charge in [0, 0.05) is 27.7 Å². The summed E-state index contributed by atoms with van der Waals surface area (Å²) in [7, 11) is -4.41. The van der Waals surface area contributed by atoms with E-state index in [9.17, 15) is 27.9 Å². The standard InChI is InChI=1S/C33H40ClFO9S/c1-5-6-15-42-29(39)44-33(28(38)19-43-45(40,41)24-10-8-22(34)9-11-24)20(2)16-26-25-12-7-21-17-23(36)13-14-30(21,3)32(25,35)27(37)18-31(26,33)4/h8-11,13-14,17,20,25-27,37H,5-7,12,15-16,18-19H2,1-4H3/t20-,25+,26+,27+,30+,31+,32+,33+/m1/s1. The number of alkyl halides is 1. The molecule has 0 spiro atoms. The first-order valence-electron chi connectivity index (χ1n) is 15.4. The number of hydrogen-bond donors (Lipinski definition) is 1. The third-order valence-corrected chi connectivity index (χ3v) is 12.5. The van der Waals surface area contributed by atoms with Crippen LogP contribution in [0.4, 0.5) is 9.18 Å². The lowest BCUT2D eigenvalue weighted by Gasteiger charge is -2.62. The van der Waals surface area contributed by atoms with E-state index in [0.717, 1.165) is 6.42 Å². The Labute approximate surface area is 268 Å². The van der Waals surface area contributed by atoms with Crippen molar-refractivity contribution in [3.8, 4) is 0 Å². The predicted octanol–water partition coefficient (Wildman–Crippen LogP) is 5.92. The Kier molecular flexibility index (Phi) is 8.92. The van der Waals surface area contributed by atoms with E-state index in [1.54, 1.807) is 20.8 Å². The lowest BCUT2D eigenvalue weighted by molar-refractivity contribution is -0.221. The molecule has 246 valence electrons. The first-order chi connectivity index (χ1) is 21.1. The summed E-state index contributed by atoms with van der Waals surface area (Å²) in [4.78, 5) is 39.4. The van der Waals surface area contributed by atoms with Crippen LogP contribution in [0, 0.1) is 28.6 Å². The number of rotatable bonds is 9. The molecular weight excluding hydrogens is 627 g/mol.